The summed E-state index contributed by atoms with van der Waals surface area (Å²) in [5, 5.41) is 11.7. The summed E-state index contributed by atoms with van der Waals surface area (Å²) >= 11 is 6.30. The zero-order chi connectivity index (χ0) is 31.6. The molecule has 8 nitrogen and oxygen atoms in total. The molecule has 3 aromatic carbocycles. The van der Waals surface area contributed by atoms with E-state index in [1.807, 2.05) is 13.0 Å². The van der Waals surface area contributed by atoms with E-state index < -0.39 is 52.6 Å². The van der Waals surface area contributed by atoms with Gasteiger partial charge >= 0.3 is 0 Å². The molecule has 1 saturated carbocycles. The van der Waals surface area contributed by atoms with E-state index in [0.717, 1.165) is 10.6 Å². The molecule has 0 spiro atoms. The number of nitrogens with one attached hydrogen (secondary N) is 1. The number of likely N-dealkylation sites (tertiary alicyclic amines) is 1. The first kappa shape index (κ1) is 29.2. The van der Waals surface area contributed by atoms with Crippen molar-refractivity contribution in [2.75, 3.05) is 12.0 Å². The number of amides is 4. The lowest BCUT2D eigenvalue weighted by molar-refractivity contribution is -0.141. The van der Waals surface area contributed by atoms with Gasteiger partial charge in [0, 0.05) is 17.5 Å². The van der Waals surface area contributed by atoms with Gasteiger partial charge in [-0.2, -0.15) is 5.01 Å². The van der Waals surface area contributed by atoms with Gasteiger partial charge in [0.15, 0.2) is 0 Å². The van der Waals surface area contributed by atoms with Crippen LogP contribution in [0.25, 0.3) is 0 Å². The molecule has 10 heteroatoms. The van der Waals surface area contributed by atoms with Gasteiger partial charge in [-0.25, -0.2) is 4.39 Å². The average molecular weight is 628 g/mol. The zero-order valence-electron chi connectivity index (χ0n) is 24.5. The Bertz CT molecular complexity index is 1740. The highest BCUT2D eigenvalue weighted by atomic mass is 35.5. The summed E-state index contributed by atoms with van der Waals surface area (Å²) < 4.78 is 13.7. The van der Waals surface area contributed by atoms with Crippen molar-refractivity contribution in [1.82, 2.24) is 9.91 Å². The van der Waals surface area contributed by atoms with E-state index in [-0.39, 0.29) is 24.0 Å². The van der Waals surface area contributed by atoms with Gasteiger partial charge in [0.05, 0.1) is 28.9 Å². The minimum atomic E-state index is -1.45. The molecule has 45 heavy (non-hydrogen) atoms. The molecule has 2 N–H and O–H groups in total. The number of hydrogen-bond donors (Lipinski definition) is 2. The van der Waals surface area contributed by atoms with Crippen LogP contribution in [0.5, 0.6) is 5.75 Å². The summed E-state index contributed by atoms with van der Waals surface area (Å²) in [7, 11) is 0. The highest BCUT2D eigenvalue weighted by Crippen LogP contribution is 2.64. The second kappa shape index (κ2) is 10.8. The van der Waals surface area contributed by atoms with Crippen LogP contribution in [0.1, 0.15) is 43.2 Å². The van der Waals surface area contributed by atoms with Crippen molar-refractivity contribution >= 4 is 40.9 Å². The van der Waals surface area contributed by atoms with Gasteiger partial charge in [-0.05, 0) is 84.8 Å². The molecule has 2 aliphatic heterocycles. The first-order valence-electron chi connectivity index (χ1n) is 15.2. The predicted molar refractivity (Wildman–Crippen MR) is 164 cm³/mol. The molecule has 0 aromatic heterocycles. The molecular formula is C35H31ClFN3O5. The van der Waals surface area contributed by atoms with Gasteiger partial charge in [-0.1, -0.05) is 54.4 Å². The SMILES string of the molecule is CCCN1C(=O)C2CC=C3C(CC4C(=O)N(Nc5ccc(F)cc5)C(=O)C4(c4ccc(Cl)cc4)C3c3ccc(O)cc3)C2C1=O. The lowest BCUT2D eigenvalue weighted by atomic mass is 9.49. The number of rotatable bonds is 6. The average Bonchev–Trinajstić information content (AvgIpc) is 3.40. The van der Waals surface area contributed by atoms with Crippen LogP contribution in [0.3, 0.4) is 0 Å². The molecule has 0 bridgehead atoms. The van der Waals surface area contributed by atoms with Crippen molar-refractivity contribution in [3.63, 3.8) is 0 Å². The van der Waals surface area contributed by atoms with Gasteiger partial charge in [-0.3, -0.25) is 29.5 Å². The van der Waals surface area contributed by atoms with Crippen LogP contribution in [0.2, 0.25) is 5.02 Å². The monoisotopic (exact) mass is 627 g/mol. The third-order valence-electron chi connectivity index (χ3n) is 10.0. The molecule has 3 fully saturated rings. The maximum Gasteiger partial charge on any atom is 0.260 e. The summed E-state index contributed by atoms with van der Waals surface area (Å²) in [4.78, 5) is 58.1. The highest BCUT2D eigenvalue weighted by molar-refractivity contribution is 6.30. The first-order chi connectivity index (χ1) is 21.7. The van der Waals surface area contributed by atoms with Crippen LogP contribution in [0.4, 0.5) is 10.1 Å². The topological polar surface area (TPSA) is 107 Å². The van der Waals surface area contributed by atoms with Gasteiger partial charge < -0.3 is 5.11 Å². The van der Waals surface area contributed by atoms with Crippen molar-refractivity contribution in [3.05, 3.63) is 106 Å². The number of carbonyl (C=O) groups excluding carboxylic acids is 4. The number of fused-ring (bicyclic) bond motifs is 4. The Morgan fingerprint density at radius 2 is 1.60 bits per heavy atom. The van der Waals surface area contributed by atoms with Crippen LogP contribution in [0, 0.1) is 29.5 Å². The van der Waals surface area contributed by atoms with Crippen LogP contribution < -0.4 is 5.43 Å². The van der Waals surface area contributed by atoms with E-state index in [0.29, 0.717) is 41.2 Å². The Morgan fingerprint density at radius 3 is 2.27 bits per heavy atom. The molecule has 4 amide bonds. The highest BCUT2D eigenvalue weighted by Gasteiger charge is 2.70. The summed E-state index contributed by atoms with van der Waals surface area (Å²) in [6, 6.07) is 18.8. The number of phenols is 1. The van der Waals surface area contributed by atoms with Crippen LogP contribution in [-0.4, -0.2) is 45.2 Å². The molecule has 2 saturated heterocycles. The van der Waals surface area contributed by atoms with Crippen molar-refractivity contribution in [2.24, 2.45) is 23.7 Å². The van der Waals surface area contributed by atoms with Crippen LogP contribution in [-0.2, 0) is 24.6 Å². The number of anilines is 1. The molecule has 3 aromatic rings. The summed E-state index contributed by atoms with van der Waals surface area (Å²) in [5.41, 5.74) is 3.94. The van der Waals surface area contributed by atoms with Crippen molar-refractivity contribution in [3.8, 4) is 5.75 Å². The normalized spacial score (nSPS) is 29.0. The third kappa shape index (κ3) is 4.31. The van der Waals surface area contributed by atoms with Crippen molar-refractivity contribution in [2.45, 2.75) is 37.5 Å². The number of aromatic hydroxyl groups is 1. The fourth-order valence-electron chi connectivity index (χ4n) is 8.21. The minimum Gasteiger partial charge on any atom is -0.508 e. The van der Waals surface area contributed by atoms with E-state index in [2.05, 4.69) is 5.43 Å². The Kier molecular flexibility index (Phi) is 7.04. The predicted octanol–water partition coefficient (Wildman–Crippen LogP) is 5.58. The fraction of sp³-hybridized carbons (Fsp3) is 0.314. The van der Waals surface area contributed by atoms with Crippen LogP contribution >= 0.6 is 11.6 Å². The first-order valence-corrected chi connectivity index (χ1v) is 15.5. The molecule has 2 aliphatic carbocycles. The minimum absolute atomic E-state index is 0.0427. The molecule has 0 radical (unpaired) electrons. The molecule has 4 aliphatic rings. The third-order valence-corrected chi connectivity index (χ3v) is 10.3. The molecular weight excluding hydrogens is 597 g/mol. The number of nitrogens with zero attached hydrogens (tertiary/aromatic N) is 2. The Balaban J connectivity index is 1.44. The van der Waals surface area contributed by atoms with Gasteiger partial charge in [0.25, 0.3) is 11.8 Å². The largest absolute Gasteiger partial charge is 0.508 e. The van der Waals surface area contributed by atoms with Crippen LogP contribution in [0.15, 0.2) is 84.4 Å². The Labute approximate surface area is 264 Å². The van der Waals surface area contributed by atoms with E-state index in [1.165, 1.54) is 29.2 Å². The molecule has 2 heterocycles. The smallest absolute Gasteiger partial charge is 0.260 e. The number of allylic oxidation sites excluding steroid dienone is 2. The van der Waals surface area contributed by atoms with E-state index in [9.17, 15) is 28.7 Å². The van der Waals surface area contributed by atoms with E-state index in [1.54, 1.807) is 48.5 Å². The maximum absolute atomic E-state index is 15.0. The molecule has 6 atom stereocenters. The van der Waals surface area contributed by atoms with Crippen molar-refractivity contribution in [1.29, 1.82) is 0 Å². The summed E-state index contributed by atoms with van der Waals surface area (Å²) in [5.74, 6) is -5.07. The fourth-order valence-corrected chi connectivity index (χ4v) is 8.33. The van der Waals surface area contributed by atoms with E-state index in [4.69, 9.17) is 11.6 Å². The van der Waals surface area contributed by atoms with Crippen molar-refractivity contribution < 1.29 is 28.7 Å². The number of phenolic OH excluding ortho intramolecular Hbond substituents is 1. The van der Waals surface area contributed by atoms with Gasteiger partial charge in [0.2, 0.25) is 11.8 Å². The van der Waals surface area contributed by atoms with Gasteiger partial charge in [0.1, 0.15) is 11.6 Å². The number of imide groups is 2. The standard InChI is InChI=1S/C35H31ClFN3O5/c1-2-17-39-31(42)26-16-15-25-27(29(26)33(39)44)18-28-32(43)40(38-23-11-9-22(37)10-12-23)34(45)35(28,20-5-7-21(36)8-6-20)30(25)19-3-13-24(41)14-4-19/h3-15,26-30,38,41H,2,16-18H2,1H3. The lowest BCUT2D eigenvalue weighted by Gasteiger charge is -2.50. The second-order valence-electron chi connectivity index (χ2n) is 12.3. The molecule has 6 unspecified atom stereocenters. The number of carbonyl (C=O) groups is 4. The Morgan fingerprint density at radius 1 is 0.911 bits per heavy atom. The Hall–Kier alpha value is -4.50. The summed E-state index contributed by atoms with van der Waals surface area (Å²) in [6.45, 7) is 2.25. The number of benzene rings is 3. The lowest BCUT2D eigenvalue weighted by Crippen LogP contribution is -2.53. The maximum atomic E-state index is 15.0. The van der Waals surface area contributed by atoms with E-state index >= 15 is 0 Å². The number of halogens is 2. The van der Waals surface area contributed by atoms with Gasteiger partial charge in [-0.15, -0.1) is 0 Å². The molecule has 230 valence electrons. The molecule has 7 rings (SSSR count). The quantitative estimate of drug-likeness (QED) is 0.273. The second-order valence-corrected chi connectivity index (χ2v) is 12.7. The number of hydrazine groups is 1. The zero-order valence-corrected chi connectivity index (χ0v) is 25.2. The number of hydrogen-bond acceptors (Lipinski definition) is 6. The summed E-state index contributed by atoms with van der Waals surface area (Å²) in [6.07, 6.45) is 3.15.